The SMILES string of the molecule is C=CCc1cc2c(=O)oc(=O)c2c2c(=O)oc(=O)c12. The van der Waals surface area contributed by atoms with Crippen molar-refractivity contribution in [3.63, 3.8) is 0 Å². The predicted molar refractivity (Wildman–Crippen MR) is 67.3 cm³/mol. The molecular formula is C13H6O6. The highest BCUT2D eigenvalue weighted by Gasteiger charge is 2.22. The van der Waals surface area contributed by atoms with Gasteiger partial charge in [-0.15, -0.1) is 6.58 Å². The molecule has 3 rings (SSSR count). The van der Waals surface area contributed by atoms with Gasteiger partial charge in [0.05, 0.1) is 21.5 Å². The van der Waals surface area contributed by atoms with E-state index in [1.54, 1.807) is 0 Å². The smallest absolute Gasteiger partial charge is 0.347 e. The van der Waals surface area contributed by atoms with Gasteiger partial charge in [0.15, 0.2) is 0 Å². The first-order valence-corrected chi connectivity index (χ1v) is 5.38. The molecule has 0 radical (unpaired) electrons. The molecule has 0 aliphatic carbocycles. The summed E-state index contributed by atoms with van der Waals surface area (Å²) in [6.07, 6.45) is 1.78. The molecular weight excluding hydrogens is 252 g/mol. The molecule has 6 nitrogen and oxygen atoms in total. The second kappa shape index (κ2) is 3.61. The zero-order chi connectivity index (χ0) is 13.7. The molecule has 0 N–H and O–H groups in total. The monoisotopic (exact) mass is 258 g/mol. The number of benzene rings is 1. The lowest BCUT2D eigenvalue weighted by atomic mass is 10.0. The van der Waals surface area contributed by atoms with E-state index in [-0.39, 0.29) is 28.0 Å². The third-order valence-electron chi connectivity index (χ3n) is 2.98. The third-order valence-corrected chi connectivity index (χ3v) is 2.98. The minimum atomic E-state index is -0.937. The number of hydrogen-bond acceptors (Lipinski definition) is 6. The first-order chi connectivity index (χ1) is 9.04. The van der Waals surface area contributed by atoms with Gasteiger partial charge in [0.1, 0.15) is 0 Å². The van der Waals surface area contributed by atoms with E-state index in [1.807, 2.05) is 0 Å². The van der Waals surface area contributed by atoms with E-state index in [0.717, 1.165) is 0 Å². The van der Waals surface area contributed by atoms with Crippen molar-refractivity contribution in [3.8, 4) is 0 Å². The normalized spacial score (nSPS) is 11.4. The maximum Gasteiger partial charge on any atom is 0.347 e. The largest absolute Gasteiger partial charge is 0.386 e. The summed E-state index contributed by atoms with van der Waals surface area (Å²) in [4.78, 5) is 46.4. The van der Waals surface area contributed by atoms with Gasteiger partial charge in [0.2, 0.25) is 0 Å². The second-order valence-electron chi connectivity index (χ2n) is 4.06. The molecule has 1 aromatic carbocycles. The van der Waals surface area contributed by atoms with E-state index >= 15 is 0 Å². The maximum atomic E-state index is 11.7. The zero-order valence-corrected chi connectivity index (χ0v) is 9.52. The van der Waals surface area contributed by atoms with Crippen LogP contribution in [0, 0.1) is 0 Å². The van der Waals surface area contributed by atoms with Crippen LogP contribution in [0.1, 0.15) is 5.56 Å². The standard InChI is InChI=1S/C13H6O6/c1-2-3-5-4-6-8(12(16)18-10(6)14)9-7(5)11(15)19-13(9)17/h2,4H,1,3H2. The van der Waals surface area contributed by atoms with Crippen LogP contribution in [-0.4, -0.2) is 0 Å². The Morgan fingerprint density at radius 3 is 2.16 bits per heavy atom. The van der Waals surface area contributed by atoms with Crippen LogP contribution in [-0.2, 0) is 6.42 Å². The molecule has 2 aromatic heterocycles. The number of rotatable bonds is 2. The first kappa shape index (κ1) is 11.3. The molecule has 2 heterocycles. The predicted octanol–water partition coefficient (Wildman–Crippen LogP) is 0.224. The highest BCUT2D eigenvalue weighted by molar-refractivity contribution is 6.07. The van der Waals surface area contributed by atoms with Gasteiger partial charge in [0, 0.05) is 0 Å². The summed E-state index contributed by atoms with van der Waals surface area (Å²) < 4.78 is 8.95. The van der Waals surface area contributed by atoms with Crippen LogP contribution in [0.4, 0.5) is 0 Å². The highest BCUT2D eigenvalue weighted by Crippen LogP contribution is 2.21. The fraction of sp³-hybridized carbons (Fsp3) is 0.0769. The van der Waals surface area contributed by atoms with Crippen LogP contribution in [0.5, 0.6) is 0 Å². The van der Waals surface area contributed by atoms with Crippen LogP contribution in [0.15, 0.2) is 46.7 Å². The molecule has 94 valence electrons. The van der Waals surface area contributed by atoms with Gasteiger partial charge in [-0.05, 0) is 18.1 Å². The number of furan rings is 2. The number of allylic oxidation sites excluding steroid dienone is 1. The molecule has 0 atom stereocenters. The van der Waals surface area contributed by atoms with Crippen LogP contribution >= 0.6 is 0 Å². The van der Waals surface area contributed by atoms with E-state index in [1.165, 1.54) is 12.1 Å². The summed E-state index contributed by atoms with van der Waals surface area (Å²) in [5.41, 5.74) is -3.12. The first-order valence-electron chi connectivity index (χ1n) is 5.38. The fourth-order valence-corrected chi connectivity index (χ4v) is 2.24. The van der Waals surface area contributed by atoms with Crippen molar-refractivity contribution in [1.29, 1.82) is 0 Å². The summed E-state index contributed by atoms with van der Waals surface area (Å²) in [5, 5.41) is -0.388. The summed E-state index contributed by atoms with van der Waals surface area (Å²) in [6, 6.07) is 1.36. The Morgan fingerprint density at radius 1 is 0.895 bits per heavy atom. The van der Waals surface area contributed by atoms with Crippen molar-refractivity contribution >= 4 is 21.5 Å². The quantitative estimate of drug-likeness (QED) is 0.610. The van der Waals surface area contributed by atoms with Gasteiger partial charge in [-0.25, -0.2) is 19.2 Å². The Bertz CT molecular complexity index is 1020. The van der Waals surface area contributed by atoms with Crippen molar-refractivity contribution in [2.45, 2.75) is 6.42 Å². The summed E-state index contributed by atoms with van der Waals surface area (Å²) in [7, 11) is 0. The van der Waals surface area contributed by atoms with E-state index in [4.69, 9.17) is 0 Å². The number of fused-ring (bicyclic) bond motifs is 3. The summed E-state index contributed by atoms with van der Waals surface area (Å²) >= 11 is 0. The van der Waals surface area contributed by atoms with Gasteiger partial charge < -0.3 is 8.83 Å². The molecule has 19 heavy (non-hydrogen) atoms. The molecule has 3 aromatic rings. The lowest BCUT2D eigenvalue weighted by molar-refractivity contribution is 0.497. The Morgan fingerprint density at radius 2 is 1.47 bits per heavy atom. The topological polar surface area (TPSA) is 94.6 Å². The minimum absolute atomic E-state index is 0.00954. The van der Waals surface area contributed by atoms with Crippen molar-refractivity contribution < 1.29 is 8.83 Å². The lowest BCUT2D eigenvalue weighted by Gasteiger charge is -1.97. The van der Waals surface area contributed by atoms with E-state index in [0.29, 0.717) is 5.56 Å². The van der Waals surface area contributed by atoms with Gasteiger partial charge in [-0.1, -0.05) is 6.08 Å². The zero-order valence-electron chi connectivity index (χ0n) is 9.52. The Hall–Kier alpha value is -2.76. The molecule has 0 bridgehead atoms. The lowest BCUT2D eigenvalue weighted by Crippen LogP contribution is -2.00. The average Bonchev–Trinajstić information content (AvgIpc) is 2.79. The van der Waals surface area contributed by atoms with Gasteiger partial charge in [-0.2, -0.15) is 0 Å². The van der Waals surface area contributed by atoms with Crippen LogP contribution in [0.25, 0.3) is 21.5 Å². The van der Waals surface area contributed by atoms with Crippen LogP contribution in [0.3, 0.4) is 0 Å². The second-order valence-corrected chi connectivity index (χ2v) is 4.06. The molecule has 0 spiro atoms. The van der Waals surface area contributed by atoms with Crippen molar-refractivity contribution in [2.75, 3.05) is 0 Å². The van der Waals surface area contributed by atoms with E-state index < -0.39 is 22.5 Å². The van der Waals surface area contributed by atoms with Gasteiger partial charge in [-0.3, -0.25) is 0 Å². The van der Waals surface area contributed by atoms with Crippen molar-refractivity contribution in [2.24, 2.45) is 0 Å². The molecule has 0 aliphatic rings. The highest BCUT2D eigenvalue weighted by atomic mass is 16.4. The molecule has 0 saturated heterocycles. The van der Waals surface area contributed by atoms with E-state index in [2.05, 4.69) is 15.4 Å². The van der Waals surface area contributed by atoms with Crippen LogP contribution < -0.4 is 22.5 Å². The van der Waals surface area contributed by atoms with Crippen molar-refractivity contribution in [1.82, 2.24) is 0 Å². The molecule has 0 unspecified atom stereocenters. The third kappa shape index (κ3) is 1.36. The molecule has 6 heteroatoms. The Kier molecular flexibility index (Phi) is 2.16. The van der Waals surface area contributed by atoms with Crippen LogP contribution in [0.2, 0.25) is 0 Å². The molecule has 0 saturated carbocycles. The number of hydrogen-bond donors (Lipinski definition) is 0. The van der Waals surface area contributed by atoms with Gasteiger partial charge in [0.25, 0.3) is 0 Å². The fourth-order valence-electron chi connectivity index (χ4n) is 2.24. The summed E-state index contributed by atoms with van der Waals surface area (Å²) in [6.45, 7) is 3.53. The average molecular weight is 258 g/mol. The molecule has 0 fully saturated rings. The molecule has 0 aliphatic heterocycles. The van der Waals surface area contributed by atoms with E-state index in [9.17, 15) is 19.2 Å². The summed E-state index contributed by atoms with van der Waals surface area (Å²) in [5.74, 6) is 0. The van der Waals surface area contributed by atoms with Crippen molar-refractivity contribution in [3.05, 3.63) is 66.0 Å². The molecule has 0 amide bonds. The maximum absolute atomic E-state index is 11.7. The Balaban J connectivity index is 2.78. The Labute approximate surface area is 103 Å². The van der Waals surface area contributed by atoms with Gasteiger partial charge >= 0.3 is 22.5 Å². The minimum Gasteiger partial charge on any atom is -0.386 e.